The quantitative estimate of drug-likeness (QED) is 0.613. The van der Waals surface area contributed by atoms with Crippen molar-refractivity contribution in [3.63, 3.8) is 0 Å². The molecule has 2 rings (SSSR count). The fourth-order valence-electron chi connectivity index (χ4n) is 2.74. The second kappa shape index (κ2) is 7.70. The highest BCUT2D eigenvalue weighted by atomic mass is 16.3. The van der Waals surface area contributed by atoms with Crippen LogP contribution in [0.25, 0.3) is 0 Å². The van der Waals surface area contributed by atoms with Gasteiger partial charge >= 0.3 is 0 Å². The van der Waals surface area contributed by atoms with Crippen LogP contribution in [0.5, 0.6) is 0 Å². The molecule has 1 saturated carbocycles. The maximum atomic E-state index is 10.6. The Morgan fingerprint density at radius 2 is 1.80 bits per heavy atom. The lowest BCUT2D eigenvalue weighted by Crippen LogP contribution is -2.38. The first-order chi connectivity index (χ1) is 9.52. The van der Waals surface area contributed by atoms with Crippen molar-refractivity contribution >= 4 is 12.6 Å². The zero-order chi connectivity index (χ0) is 15.1. The number of aldehydes is 2. The summed E-state index contributed by atoms with van der Waals surface area (Å²) in [5.41, 5.74) is -1.45. The molecule has 0 bridgehead atoms. The summed E-state index contributed by atoms with van der Waals surface area (Å²) >= 11 is 0. The first kappa shape index (κ1) is 17.1. The fourth-order valence-corrected chi connectivity index (χ4v) is 2.74. The number of hydrogen-bond acceptors (Lipinski definition) is 4. The van der Waals surface area contributed by atoms with Crippen molar-refractivity contribution in [3.05, 3.63) is 12.2 Å². The van der Waals surface area contributed by atoms with E-state index in [1.54, 1.807) is 0 Å². The zero-order valence-electron chi connectivity index (χ0n) is 12.3. The molecule has 2 aliphatic carbocycles. The van der Waals surface area contributed by atoms with Gasteiger partial charge in [-0.15, -0.1) is 0 Å². The van der Waals surface area contributed by atoms with Crippen molar-refractivity contribution in [2.24, 2.45) is 11.3 Å². The van der Waals surface area contributed by atoms with Gasteiger partial charge in [-0.05, 0) is 25.7 Å². The van der Waals surface area contributed by atoms with Crippen LogP contribution in [-0.4, -0.2) is 35.0 Å². The van der Waals surface area contributed by atoms with Gasteiger partial charge in [0, 0.05) is 11.3 Å². The number of aliphatic hydroxyl groups excluding tert-OH is 1. The third kappa shape index (κ3) is 4.25. The Morgan fingerprint density at radius 1 is 1.15 bits per heavy atom. The molecule has 0 spiro atoms. The van der Waals surface area contributed by atoms with Crippen LogP contribution < -0.4 is 0 Å². The Balaban J connectivity index is 0.000000200. The van der Waals surface area contributed by atoms with E-state index in [0.717, 1.165) is 38.4 Å². The molecule has 0 saturated heterocycles. The summed E-state index contributed by atoms with van der Waals surface area (Å²) in [5, 5.41) is 18.4. The van der Waals surface area contributed by atoms with Gasteiger partial charge in [0.15, 0.2) is 6.29 Å². The molecule has 2 atom stereocenters. The maximum absolute atomic E-state index is 10.6. The molecule has 0 aromatic heterocycles. The topological polar surface area (TPSA) is 74.6 Å². The lowest BCUT2D eigenvalue weighted by atomic mass is 9.76. The maximum Gasteiger partial charge on any atom is 0.152 e. The molecule has 0 aliphatic heterocycles. The third-order valence-corrected chi connectivity index (χ3v) is 4.54. The average Bonchev–Trinajstić information content (AvgIpc) is 2.51. The van der Waals surface area contributed by atoms with E-state index in [0.29, 0.717) is 12.7 Å². The minimum absolute atomic E-state index is 0.0289. The van der Waals surface area contributed by atoms with Crippen molar-refractivity contribution in [2.45, 2.75) is 57.5 Å². The van der Waals surface area contributed by atoms with E-state index < -0.39 is 5.60 Å². The van der Waals surface area contributed by atoms with Crippen LogP contribution in [0.2, 0.25) is 0 Å². The summed E-state index contributed by atoms with van der Waals surface area (Å²) in [4.78, 5) is 21.0. The van der Waals surface area contributed by atoms with Crippen molar-refractivity contribution in [1.29, 1.82) is 0 Å². The molecule has 114 valence electrons. The SMILES string of the molecule is CC1C=CCCC1(O)C=O.O=CC1(CO)CCCCC1. The van der Waals surface area contributed by atoms with Crippen molar-refractivity contribution in [3.8, 4) is 0 Å². The fraction of sp³-hybridized carbons (Fsp3) is 0.750. The molecular weight excluding hydrogens is 256 g/mol. The second-order valence-corrected chi connectivity index (χ2v) is 6.06. The smallest absolute Gasteiger partial charge is 0.152 e. The molecule has 0 amide bonds. The number of carbonyl (C=O) groups is 2. The standard InChI is InChI=1S/C8H12O2.C8H14O2/c1-7-4-2-3-5-8(7,10)6-9;9-6-8(7-10)4-2-1-3-5-8/h2,4,6-7,10H,3,5H2,1H3;6,10H,1-5,7H2. The molecule has 0 heterocycles. The van der Waals surface area contributed by atoms with E-state index in [9.17, 15) is 14.7 Å². The highest BCUT2D eigenvalue weighted by Crippen LogP contribution is 2.33. The van der Waals surface area contributed by atoms with E-state index in [4.69, 9.17) is 5.11 Å². The van der Waals surface area contributed by atoms with Crippen LogP contribution in [0.1, 0.15) is 51.9 Å². The van der Waals surface area contributed by atoms with Gasteiger partial charge in [-0.25, -0.2) is 0 Å². The molecule has 0 radical (unpaired) electrons. The molecule has 0 aromatic carbocycles. The van der Waals surface area contributed by atoms with Gasteiger partial charge in [0.1, 0.15) is 11.9 Å². The van der Waals surface area contributed by atoms with Crippen LogP contribution in [0.4, 0.5) is 0 Å². The summed E-state index contributed by atoms with van der Waals surface area (Å²) < 4.78 is 0. The predicted octanol–water partition coefficient (Wildman–Crippen LogP) is 2.03. The van der Waals surface area contributed by atoms with Crippen molar-refractivity contribution in [2.75, 3.05) is 6.61 Å². The number of aliphatic hydroxyl groups is 2. The molecule has 20 heavy (non-hydrogen) atoms. The van der Waals surface area contributed by atoms with E-state index in [1.807, 2.05) is 19.1 Å². The summed E-state index contributed by atoms with van der Waals surface area (Å²) in [6.45, 7) is 1.89. The number of allylic oxidation sites excluding steroid dienone is 1. The largest absolute Gasteiger partial charge is 0.395 e. The van der Waals surface area contributed by atoms with Gasteiger partial charge in [-0.3, -0.25) is 0 Å². The van der Waals surface area contributed by atoms with Crippen molar-refractivity contribution < 1.29 is 19.8 Å². The van der Waals surface area contributed by atoms with E-state index in [-0.39, 0.29) is 17.9 Å². The Hall–Kier alpha value is -1.00. The Bertz CT molecular complexity index is 344. The first-order valence-corrected chi connectivity index (χ1v) is 7.44. The zero-order valence-corrected chi connectivity index (χ0v) is 12.3. The van der Waals surface area contributed by atoms with Crippen LogP contribution in [0.15, 0.2) is 12.2 Å². The predicted molar refractivity (Wildman–Crippen MR) is 77.2 cm³/mol. The van der Waals surface area contributed by atoms with Crippen molar-refractivity contribution in [1.82, 2.24) is 0 Å². The summed E-state index contributed by atoms with van der Waals surface area (Å²) in [6, 6.07) is 0. The van der Waals surface area contributed by atoms with Gasteiger partial charge in [0.05, 0.1) is 6.61 Å². The van der Waals surface area contributed by atoms with Crippen LogP contribution >= 0.6 is 0 Å². The van der Waals surface area contributed by atoms with Crippen LogP contribution in [0.3, 0.4) is 0 Å². The normalized spacial score (nSPS) is 31.9. The van der Waals surface area contributed by atoms with Gasteiger partial charge < -0.3 is 19.8 Å². The Morgan fingerprint density at radius 3 is 2.15 bits per heavy atom. The summed E-state index contributed by atoms with van der Waals surface area (Å²) in [6.07, 6.45) is 12.0. The minimum Gasteiger partial charge on any atom is -0.395 e. The second-order valence-electron chi connectivity index (χ2n) is 6.06. The number of carbonyl (C=O) groups excluding carboxylic acids is 2. The molecule has 2 N–H and O–H groups in total. The number of rotatable bonds is 3. The molecule has 4 heteroatoms. The highest BCUT2D eigenvalue weighted by Gasteiger charge is 2.33. The molecular formula is C16H26O4. The molecule has 4 nitrogen and oxygen atoms in total. The lowest BCUT2D eigenvalue weighted by molar-refractivity contribution is -0.128. The molecule has 2 unspecified atom stereocenters. The monoisotopic (exact) mass is 282 g/mol. The minimum atomic E-state index is -1.09. The molecule has 2 aliphatic rings. The third-order valence-electron chi connectivity index (χ3n) is 4.54. The summed E-state index contributed by atoms with van der Waals surface area (Å²) in [5.74, 6) is -0.0289. The van der Waals surface area contributed by atoms with Gasteiger partial charge in [-0.1, -0.05) is 38.3 Å². The average molecular weight is 282 g/mol. The van der Waals surface area contributed by atoms with E-state index in [2.05, 4.69) is 0 Å². The Labute approximate surface area is 120 Å². The lowest BCUT2D eigenvalue weighted by Gasteiger charge is -2.29. The molecule has 1 fully saturated rings. The van der Waals surface area contributed by atoms with Gasteiger partial charge in [0.25, 0.3) is 0 Å². The van der Waals surface area contributed by atoms with E-state index in [1.165, 1.54) is 6.42 Å². The summed E-state index contributed by atoms with van der Waals surface area (Å²) in [7, 11) is 0. The van der Waals surface area contributed by atoms with Gasteiger partial charge in [0.2, 0.25) is 0 Å². The molecule has 0 aromatic rings. The number of hydrogen-bond donors (Lipinski definition) is 2. The van der Waals surface area contributed by atoms with Crippen LogP contribution in [0, 0.1) is 11.3 Å². The Kier molecular flexibility index (Phi) is 6.56. The van der Waals surface area contributed by atoms with E-state index >= 15 is 0 Å². The first-order valence-electron chi connectivity index (χ1n) is 7.44. The van der Waals surface area contributed by atoms with Gasteiger partial charge in [-0.2, -0.15) is 0 Å². The highest BCUT2D eigenvalue weighted by molar-refractivity contribution is 5.63. The van der Waals surface area contributed by atoms with Crippen LogP contribution in [-0.2, 0) is 9.59 Å².